The zero-order valence-electron chi connectivity index (χ0n) is 20.5. The quantitative estimate of drug-likeness (QED) is 0.148. The molecule has 37 heavy (non-hydrogen) atoms. The summed E-state index contributed by atoms with van der Waals surface area (Å²) in [6, 6.07) is 18.9. The maximum Gasteiger partial charge on any atom is 0.295 e. The van der Waals surface area contributed by atoms with E-state index in [9.17, 15) is 14.7 Å². The second kappa shape index (κ2) is 11.8. The Labute approximate surface area is 226 Å². The van der Waals surface area contributed by atoms with Crippen molar-refractivity contribution in [1.82, 2.24) is 4.90 Å². The molecule has 0 unspecified atom stereocenters. The van der Waals surface area contributed by atoms with Crippen molar-refractivity contribution in [3.05, 3.63) is 105 Å². The summed E-state index contributed by atoms with van der Waals surface area (Å²) in [6.45, 7) is 3.11. The van der Waals surface area contributed by atoms with E-state index in [0.717, 1.165) is 11.1 Å². The largest absolute Gasteiger partial charge is 0.507 e. The fourth-order valence-electron chi connectivity index (χ4n) is 4.35. The number of rotatable bonds is 9. The number of ether oxygens (including phenoxy) is 2. The van der Waals surface area contributed by atoms with Gasteiger partial charge in [0.25, 0.3) is 11.7 Å². The molecular weight excluding hydrogens is 513 g/mol. The minimum Gasteiger partial charge on any atom is -0.507 e. The van der Waals surface area contributed by atoms with Crippen LogP contribution in [0, 0.1) is 6.92 Å². The third-order valence-electron chi connectivity index (χ3n) is 6.16. The van der Waals surface area contributed by atoms with Crippen molar-refractivity contribution in [3.8, 4) is 5.75 Å². The van der Waals surface area contributed by atoms with Crippen molar-refractivity contribution in [1.29, 1.82) is 0 Å². The molecule has 6 nitrogen and oxygen atoms in total. The molecule has 0 radical (unpaired) electrons. The Morgan fingerprint density at radius 3 is 2.43 bits per heavy atom. The van der Waals surface area contributed by atoms with Gasteiger partial charge >= 0.3 is 0 Å². The van der Waals surface area contributed by atoms with E-state index in [0.29, 0.717) is 41.5 Å². The molecule has 0 spiro atoms. The van der Waals surface area contributed by atoms with Crippen LogP contribution in [-0.2, 0) is 20.9 Å². The molecule has 8 heteroatoms. The number of hydrogen-bond acceptors (Lipinski definition) is 5. The molecule has 192 valence electrons. The van der Waals surface area contributed by atoms with Gasteiger partial charge < -0.3 is 19.5 Å². The summed E-state index contributed by atoms with van der Waals surface area (Å²) in [5.74, 6) is -1.11. The highest BCUT2D eigenvalue weighted by molar-refractivity contribution is 6.46. The molecule has 0 aliphatic carbocycles. The number of benzene rings is 3. The highest BCUT2D eigenvalue weighted by Gasteiger charge is 2.45. The van der Waals surface area contributed by atoms with E-state index in [-0.39, 0.29) is 22.9 Å². The lowest BCUT2D eigenvalue weighted by molar-refractivity contribution is -0.140. The molecule has 1 fully saturated rings. The maximum absolute atomic E-state index is 13.1. The molecule has 4 rings (SSSR count). The third kappa shape index (κ3) is 5.99. The van der Waals surface area contributed by atoms with E-state index in [4.69, 9.17) is 32.7 Å². The number of ketones is 1. The summed E-state index contributed by atoms with van der Waals surface area (Å²) in [4.78, 5) is 27.6. The average molecular weight is 540 g/mol. The Kier molecular flexibility index (Phi) is 8.54. The van der Waals surface area contributed by atoms with Gasteiger partial charge in [0, 0.05) is 25.8 Å². The Hall–Kier alpha value is -3.32. The number of Topliss-reactive ketones (excluding diaryl/α,β-unsaturated/α-hetero) is 1. The van der Waals surface area contributed by atoms with Gasteiger partial charge in [-0.25, -0.2) is 0 Å². The van der Waals surface area contributed by atoms with Crippen molar-refractivity contribution < 1.29 is 24.2 Å². The molecule has 1 amide bonds. The summed E-state index contributed by atoms with van der Waals surface area (Å²) in [7, 11) is 1.57. The third-order valence-corrected chi connectivity index (χ3v) is 6.90. The first-order chi connectivity index (χ1) is 17.8. The summed E-state index contributed by atoms with van der Waals surface area (Å²) in [5.41, 5.74) is 3.15. The predicted molar refractivity (Wildman–Crippen MR) is 144 cm³/mol. The first-order valence-electron chi connectivity index (χ1n) is 11.8. The first-order valence-corrected chi connectivity index (χ1v) is 12.6. The summed E-state index contributed by atoms with van der Waals surface area (Å²) >= 11 is 12.3. The highest BCUT2D eigenvalue weighted by Crippen LogP contribution is 2.41. The van der Waals surface area contributed by atoms with Gasteiger partial charge in [-0.1, -0.05) is 59.1 Å². The number of aryl methyl sites for hydroxylation is 1. The number of nitrogens with zero attached hydrogens (tertiary/aromatic N) is 1. The van der Waals surface area contributed by atoms with Gasteiger partial charge in [0.1, 0.15) is 18.1 Å². The molecule has 3 aromatic carbocycles. The lowest BCUT2D eigenvalue weighted by Crippen LogP contribution is -2.31. The van der Waals surface area contributed by atoms with Crippen LogP contribution < -0.4 is 4.74 Å². The average Bonchev–Trinajstić information content (AvgIpc) is 3.14. The second-order valence-corrected chi connectivity index (χ2v) is 9.63. The number of aliphatic hydroxyl groups is 1. The van der Waals surface area contributed by atoms with E-state index in [1.54, 1.807) is 49.6 Å². The fourth-order valence-corrected chi connectivity index (χ4v) is 4.66. The van der Waals surface area contributed by atoms with Crippen LogP contribution in [0.3, 0.4) is 0 Å². The van der Waals surface area contributed by atoms with Crippen molar-refractivity contribution in [2.24, 2.45) is 0 Å². The van der Waals surface area contributed by atoms with Gasteiger partial charge in [0.15, 0.2) is 0 Å². The van der Waals surface area contributed by atoms with Crippen LogP contribution in [0.2, 0.25) is 10.0 Å². The number of carbonyl (C=O) groups is 2. The van der Waals surface area contributed by atoms with Crippen LogP contribution in [0.4, 0.5) is 0 Å². The van der Waals surface area contributed by atoms with Crippen LogP contribution in [0.15, 0.2) is 72.3 Å². The molecule has 1 heterocycles. The summed E-state index contributed by atoms with van der Waals surface area (Å²) in [5, 5.41) is 11.9. The van der Waals surface area contributed by atoms with E-state index in [1.807, 2.05) is 25.1 Å². The molecule has 3 aromatic rings. The molecule has 1 N–H and O–H groups in total. The number of halogens is 2. The highest BCUT2D eigenvalue weighted by atomic mass is 35.5. The normalized spacial score (nSPS) is 16.9. The molecule has 1 aliphatic rings. The first kappa shape index (κ1) is 26.7. The summed E-state index contributed by atoms with van der Waals surface area (Å²) in [6.07, 6.45) is 0.522. The van der Waals surface area contributed by atoms with Crippen LogP contribution in [0.1, 0.15) is 34.7 Å². The Morgan fingerprint density at radius 2 is 1.76 bits per heavy atom. The molecule has 0 aromatic heterocycles. The number of likely N-dealkylation sites (tertiary alicyclic amines) is 1. The molecular formula is C29H27Cl2NO5. The van der Waals surface area contributed by atoms with Crippen molar-refractivity contribution in [2.75, 3.05) is 20.3 Å². The van der Waals surface area contributed by atoms with Crippen LogP contribution in [-0.4, -0.2) is 42.0 Å². The van der Waals surface area contributed by atoms with Crippen LogP contribution >= 0.6 is 23.2 Å². The topological polar surface area (TPSA) is 76.1 Å². The van der Waals surface area contributed by atoms with E-state index in [1.165, 1.54) is 4.90 Å². The molecule has 1 aliphatic heterocycles. The van der Waals surface area contributed by atoms with Crippen molar-refractivity contribution in [3.63, 3.8) is 0 Å². The standard InChI is InChI=1S/C29H27Cl2NO5/c1-18-5-3-6-19(15-18)17-37-22-10-7-20(8-11-22)27(33)25-26(21-9-12-23(30)24(31)16-21)32(13-4-14-36-2)29(35)28(25)34/h3,5-12,15-16,26,33H,4,13-14,17H2,1-2H3/t26-/m0/s1. The zero-order chi connectivity index (χ0) is 26.5. The molecule has 0 bridgehead atoms. The van der Waals surface area contributed by atoms with Gasteiger partial charge in [-0.05, 0) is 60.9 Å². The monoisotopic (exact) mass is 539 g/mol. The number of carbonyl (C=O) groups excluding carboxylic acids is 2. The molecule has 1 saturated heterocycles. The molecule has 1 atom stereocenters. The molecule has 0 saturated carbocycles. The van der Waals surface area contributed by atoms with Crippen molar-refractivity contribution in [2.45, 2.75) is 26.0 Å². The van der Waals surface area contributed by atoms with Gasteiger partial charge in [0.2, 0.25) is 0 Å². The predicted octanol–water partition coefficient (Wildman–Crippen LogP) is 6.34. The van der Waals surface area contributed by atoms with E-state index >= 15 is 0 Å². The van der Waals surface area contributed by atoms with Gasteiger partial charge in [-0.2, -0.15) is 0 Å². The number of methoxy groups -OCH3 is 1. The number of hydrogen-bond donors (Lipinski definition) is 1. The fraction of sp³-hybridized carbons (Fsp3) is 0.241. The van der Waals surface area contributed by atoms with Gasteiger partial charge in [-0.15, -0.1) is 0 Å². The van der Waals surface area contributed by atoms with Crippen molar-refractivity contribution >= 4 is 40.7 Å². The lowest BCUT2D eigenvalue weighted by Gasteiger charge is -2.25. The van der Waals surface area contributed by atoms with Gasteiger partial charge in [0.05, 0.1) is 21.7 Å². The number of amides is 1. The Balaban J connectivity index is 1.65. The number of aliphatic hydroxyl groups excluding tert-OH is 1. The summed E-state index contributed by atoms with van der Waals surface area (Å²) < 4.78 is 11.0. The lowest BCUT2D eigenvalue weighted by atomic mass is 9.95. The van der Waals surface area contributed by atoms with E-state index in [2.05, 4.69) is 6.07 Å². The van der Waals surface area contributed by atoms with Crippen LogP contribution in [0.25, 0.3) is 5.76 Å². The van der Waals surface area contributed by atoms with Gasteiger partial charge in [-0.3, -0.25) is 9.59 Å². The minimum atomic E-state index is -0.816. The van der Waals surface area contributed by atoms with Crippen LogP contribution in [0.5, 0.6) is 5.75 Å². The van der Waals surface area contributed by atoms with E-state index < -0.39 is 17.7 Å². The second-order valence-electron chi connectivity index (χ2n) is 8.81. The Bertz CT molecular complexity index is 1340. The minimum absolute atomic E-state index is 0.00534. The maximum atomic E-state index is 13.1. The zero-order valence-corrected chi connectivity index (χ0v) is 22.1. The SMILES string of the molecule is COCCCN1C(=O)C(=O)C(=C(O)c2ccc(OCc3cccc(C)c3)cc2)[C@@H]1c1ccc(Cl)c(Cl)c1. The Morgan fingerprint density at radius 1 is 1.00 bits per heavy atom. The smallest absolute Gasteiger partial charge is 0.295 e.